The Labute approximate surface area is 211 Å². The summed E-state index contributed by atoms with van der Waals surface area (Å²) in [5.74, 6) is 0.750. The van der Waals surface area contributed by atoms with Crippen molar-refractivity contribution >= 4 is 33.2 Å². The van der Waals surface area contributed by atoms with Crippen LogP contribution < -0.4 is 19.5 Å². The highest BCUT2D eigenvalue weighted by Gasteiger charge is 2.17. The lowest BCUT2D eigenvalue weighted by Crippen LogP contribution is -2.10. The Kier molecular flexibility index (Phi) is 7.84. The van der Waals surface area contributed by atoms with Crippen LogP contribution in [-0.4, -0.2) is 47.9 Å². The number of methoxy groups -OCH3 is 1. The first kappa shape index (κ1) is 25.2. The predicted molar refractivity (Wildman–Crippen MR) is 137 cm³/mol. The molecule has 0 amide bonds. The molecule has 0 unspecified atom stereocenters. The minimum absolute atomic E-state index is 0.254. The number of carboxylic acid groups (broad SMARTS) is 1. The highest BCUT2D eigenvalue weighted by Crippen LogP contribution is 2.39. The van der Waals surface area contributed by atoms with E-state index in [1.807, 2.05) is 19.9 Å². The van der Waals surface area contributed by atoms with Crippen LogP contribution in [0.2, 0.25) is 0 Å². The van der Waals surface area contributed by atoms with Gasteiger partial charge in [-0.05, 0) is 56.2 Å². The third-order valence-corrected chi connectivity index (χ3v) is 6.67. The summed E-state index contributed by atoms with van der Waals surface area (Å²) in [4.78, 5) is 20.6. The molecular formula is C26H26FN3O5S. The van der Waals surface area contributed by atoms with Gasteiger partial charge in [0.05, 0.1) is 24.1 Å². The lowest BCUT2D eigenvalue weighted by Gasteiger charge is -2.13. The molecule has 0 atom stereocenters. The molecule has 0 saturated heterocycles. The molecule has 0 aliphatic rings. The molecule has 0 fully saturated rings. The molecule has 188 valence electrons. The van der Waals surface area contributed by atoms with Crippen LogP contribution in [0.4, 0.5) is 10.2 Å². The van der Waals surface area contributed by atoms with Crippen molar-refractivity contribution in [2.75, 3.05) is 32.2 Å². The summed E-state index contributed by atoms with van der Waals surface area (Å²) in [6.07, 6.45) is 2.07. The zero-order valence-electron chi connectivity index (χ0n) is 20.1. The number of benzene rings is 2. The van der Waals surface area contributed by atoms with Crippen LogP contribution in [0, 0.1) is 12.7 Å². The number of hydrogen-bond acceptors (Lipinski definition) is 8. The Balaban J connectivity index is 1.50. The SMILES string of the molecule is CCOc1cc(-c2cc(NCCc3c(C)sc4c(OC)ccc(F)c34)ncn2)ccc1OCC(=O)O. The topological polar surface area (TPSA) is 103 Å². The number of nitrogens with one attached hydrogen (secondary N) is 1. The van der Waals surface area contributed by atoms with Gasteiger partial charge in [-0.25, -0.2) is 19.2 Å². The fourth-order valence-corrected chi connectivity index (χ4v) is 5.10. The molecule has 2 heterocycles. The van der Waals surface area contributed by atoms with Crippen molar-refractivity contribution in [3.63, 3.8) is 0 Å². The van der Waals surface area contributed by atoms with Crippen molar-refractivity contribution in [3.05, 3.63) is 59.0 Å². The quantitative estimate of drug-likeness (QED) is 0.279. The molecule has 0 aliphatic heterocycles. The van der Waals surface area contributed by atoms with Crippen molar-refractivity contribution in [3.8, 4) is 28.5 Å². The standard InChI is InChI=1S/C26H26FN3O5S/c1-4-34-22-11-16(5-7-20(22)35-13-24(31)32)19-12-23(30-14-29-19)28-10-9-17-15(2)36-26-21(33-3)8-6-18(27)25(17)26/h5-8,11-12,14H,4,9-10,13H2,1-3H3,(H,31,32)(H,28,29,30). The number of aliphatic carboxylic acids is 1. The van der Waals surface area contributed by atoms with E-state index in [0.29, 0.717) is 53.7 Å². The van der Waals surface area contributed by atoms with E-state index >= 15 is 0 Å². The van der Waals surface area contributed by atoms with Gasteiger partial charge in [0.1, 0.15) is 23.7 Å². The van der Waals surface area contributed by atoms with E-state index in [4.69, 9.17) is 19.3 Å². The molecule has 2 N–H and O–H groups in total. The zero-order chi connectivity index (χ0) is 25.7. The molecule has 4 aromatic rings. The number of nitrogens with zero attached hydrogens (tertiary/aromatic N) is 2. The highest BCUT2D eigenvalue weighted by atomic mass is 32.1. The second kappa shape index (κ2) is 11.2. The van der Waals surface area contributed by atoms with Gasteiger partial charge in [-0.1, -0.05) is 0 Å². The van der Waals surface area contributed by atoms with E-state index < -0.39 is 12.6 Å². The summed E-state index contributed by atoms with van der Waals surface area (Å²) in [6.45, 7) is 4.30. The van der Waals surface area contributed by atoms with Crippen LogP contribution >= 0.6 is 11.3 Å². The third kappa shape index (κ3) is 5.49. The Bertz CT molecular complexity index is 1390. The molecule has 0 aliphatic carbocycles. The number of anilines is 1. The van der Waals surface area contributed by atoms with Crippen molar-refractivity contribution < 1.29 is 28.5 Å². The lowest BCUT2D eigenvalue weighted by atomic mass is 10.1. The molecule has 36 heavy (non-hydrogen) atoms. The van der Waals surface area contributed by atoms with E-state index in [0.717, 1.165) is 20.7 Å². The monoisotopic (exact) mass is 511 g/mol. The van der Waals surface area contributed by atoms with Crippen molar-refractivity contribution in [1.82, 2.24) is 9.97 Å². The van der Waals surface area contributed by atoms with Crippen molar-refractivity contribution in [2.45, 2.75) is 20.3 Å². The number of fused-ring (bicyclic) bond motifs is 1. The average Bonchev–Trinajstić information content (AvgIpc) is 3.20. The Hall–Kier alpha value is -3.92. The Morgan fingerprint density at radius 2 is 1.92 bits per heavy atom. The van der Waals surface area contributed by atoms with Gasteiger partial charge in [0, 0.05) is 28.4 Å². The predicted octanol–water partition coefficient (Wildman–Crippen LogP) is 5.33. The highest BCUT2D eigenvalue weighted by molar-refractivity contribution is 7.19. The second-order valence-corrected chi connectivity index (χ2v) is 9.06. The fraction of sp³-hybridized carbons (Fsp3) is 0.269. The van der Waals surface area contributed by atoms with Crippen LogP contribution in [0.15, 0.2) is 42.7 Å². The van der Waals surface area contributed by atoms with Crippen LogP contribution in [0.1, 0.15) is 17.4 Å². The Morgan fingerprint density at radius 1 is 1.11 bits per heavy atom. The van der Waals surface area contributed by atoms with Gasteiger partial charge < -0.3 is 24.6 Å². The number of aromatic nitrogens is 2. The van der Waals surface area contributed by atoms with Crippen LogP contribution in [0.5, 0.6) is 17.2 Å². The number of rotatable bonds is 11. The molecule has 0 radical (unpaired) electrons. The summed E-state index contributed by atoms with van der Waals surface area (Å²) in [5.41, 5.74) is 2.37. The normalized spacial score (nSPS) is 10.9. The summed E-state index contributed by atoms with van der Waals surface area (Å²) in [6, 6.07) is 10.1. The van der Waals surface area contributed by atoms with Crippen LogP contribution in [0.3, 0.4) is 0 Å². The van der Waals surface area contributed by atoms with E-state index in [9.17, 15) is 9.18 Å². The Morgan fingerprint density at radius 3 is 2.67 bits per heavy atom. The second-order valence-electron chi connectivity index (χ2n) is 7.83. The van der Waals surface area contributed by atoms with Gasteiger partial charge in [0.25, 0.3) is 0 Å². The van der Waals surface area contributed by atoms with Gasteiger partial charge in [0.15, 0.2) is 18.1 Å². The third-order valence-electron chi connectivity index (χ3n) is 5.51. The molecular weight excluding hydrogens is 485 g/mol. The molecule has 8 nitrogen and oxygen atoms in total. The maximum Gasteiger partial charge on any atom is 0.341 e. The minimum Gasteiger partial charge on any atom is -0.495 e. The smallest absolute Gasteiger partial charge is 0.341 e. The average molecular weight is 512 g/mol. The minimum atomic E-state index is -1.07. The molecule has 0 spiro atoms. The number of ether oxygens (including phenoxy) is 3. The van der Waals surface area contributed by atoms with Crippen LogP contribution in [-0.2, 0) is 11.2 Å². The first-order valence-electron chi connectivity index (χ1n) is 11.3. The van der Waals surface area contributed by atoms with E-state index in [1.54, 1.807) is 31.4 Å². The van der Waals surface area contributed by atoms with E-state index in [1.165, 1.54) is 23.7 Å². The zero-order valence-corrected chi connectivity index (χ0v) is 20.9. The number of aryl methyl sites for hydroxylation is 1. The summed E-state index contributed by atoms with van der Waals surface area (Å²) >= 11 is 1.53. The molecule has 0 saturated carbocycles. The summed E-state index contributed by atoms with van der Waals surface area (Å²) in [5, 5.41) is 12.8. The largest absolute Gasteiger partial charge is 0.495 e. The molecule has 10 heteroatoms. The van der Waals surface area contributed by atoms with Gasteiger partial charge in [-0.3, -0.25) is 0 Å². The van der Waals surface area contributed by atoms with Crippen molar-refractivity contribution in [1.29, 1.82) is 0 Å². The summed E-state index contributed by atoms with van der Waals surface area (Å²) < 4.78 is 31.8. The van der Waals surface area contributed by atoms with Gasteiger partial charge in [-0.2, -0.15) is 0 Å². The fourth-order valence-electron chi connectivity index (χ4n) is 3.90. The maximum absolute atomic E-state index is 14.6. The molecule has 0 bridgehead atoms. The number of carboxylic acids is 1. The number of halogens is 1. The maximum atomic E-state index is 14.6. The molecule has 2 aromatic carbocycles. The number of thiophene rings is 1. The number of carbonyl (C=O) groups is 1. The van der Waals surface area contributed by atoms with Gasteiger partial charge in [-0.15, -0.1) is 11.3 Å². The van der Waals surface area contributed by atoms with Gasteiger partial charge in [0.2, 0.25) is 0 Å². The number of hydrogen-bond donors (Lipinski definition) is 2. The lowest BCUT2D eigenvalue weighted by molar-refractivity contribution is -0.139. The van der Waals surface area contributed by atoms with Gasteiger partial charge >= 0.3 is 5.97 Å². The van der Waals surface area contributed by atoms with E-state index in [-0.39, 0.29) is 5.82 Å². The first-order valence-corrected chi connectivity index (χ1v) is 12.1. The van der Waals surface area contributed by atoms with Crippen molar-refractivity contribution in [2.24, 2.45) is 0 Å². The summed E-state index contributed by atoms with van der Waals surface area (Å²) in [7, 11) is 1.59. The molecule has 4 rings (SSSR count). The molecule has 2 aromatic heterocycles. The van der Waals surface area contributed by atoms with Crippen LogP contribution in [0.25, 0.3) is 21.3 Å². The van der Waals surface area contributed by atoms with E-state index in [2.05, 4.69) is 15.3 Å². The first-order chi connectivity index (χ1) is 17.4.